The number of carbonyl (C=O) groups is 2. The first-order chi connectivity index (χ1) is 21.0. The Morgan fingerprint density at radius 3 is 2.42 bits per heavy atom. The maximum absolute atomic E-state index is 13.7. The zero-order chi connectivity index (χ0) is 31.6. The molecule has 4 N–H and O–H groups in total. The number of nitrogens with one attached hydrogen (secondary N) is 1. The highest BCUT2D eigenvalue weighted by atomic mass is 35.5. The van der Waals surface area contributed by atoms with E-state index < -0.39 is 28.9 Å². The Hall–Kier alpha value is -5.20. The van der Waals surface area contributed by atoms with E-state index in [4.69, 9.17) is 15.2 Å². The summed E-state index contributed by atoms with van der Waals surface area (Å²) in [5.41, 5.74) is 5.43. The van der Waals surface area contributed by atoms with Crippen molar-refractivity contribution >= 4 is 41.0 Å². The monoisotopic (exact) mass is 632 g/mol. The highest BCUT2D eigenvalue weighted by molar-refractivity contribution is 6.04. The fourth-order valence-electron chi connectivity index (χ4n) is 4.75. The third kappa shape index (κ3) is 6.52. The molecule has 0 aliphatic heterocycles. The van der Waals surface area contributed by atoms with Crippen LogP contribution in [0.3, 0.4) is 0 Å². The molecule has 0 bridgehead atoms. The summed E-state index contributed by atoms with van der Waals surface area (Å²) in [6.45, 7) is 4.82. The van der Waals surface area contributed by atoms with Crippen LogP contribution in [0.4, 0.5) is 5.82 Å². The van der Waals surface area contributed by atoms with Crippen LogP contribution >= 0.6 is 12.4 Å². The number of carbonyl (C=O) groups excluding carboxylic acids is 1. The van der Waals surface area contributed by atoms with Crippen LogP contribution in [0.5, 0.6) is 17.2 Å². The van der Waals surface area contributed by atoms with E-state index in [1.807, 2.05) is 18.2 Å². The average Bonchev–Trinajstić information content (AvgIpc) is 3.26. The van der Waals surface area contributed by atoms with E-state index in [9.17, 15) is 19.5 Å². The molecule has 0 spiro atoms. The SMILES string of the molecule is COc1ccc2c(Oc3ccc(NC(=O)c4c(C)n(C[C@@H](C)[C@](C)(N)C(=O)O)n(-c5ccccc5)c4=O)nc3)ccnc2c1.Cl. The van der Waals surface area contributed by atoms with Crippen LogP contribution in [-0.2, 0) is 11.3 Å². The Morgan fingerprint density at radius 2 is 1.78 bits per heavy atom. The van der Waals surface area contributed by atoms with Crippen LogP contribution < -0.4 is 26.1 Å². The first-order valence-electron chi connectivity index (χ1n) is 13.8. The van der Waals surface area contributed by atoms with Crippen molar-refractivity contribution in [3.63, 3.8) is 0 Å². The van der Waals surface area contributed by atoms with Gasteiger partial charge in [-0.3, -0.25) is 24.0 Å². The second-order valence-electron chi connectivity index (χ2n) is 10.6. The lowest BCUT2D eigenvalue weighted by molar-refractivity contribution is -0.144. The van der Waals surface area contributed by atoms with Crippen molar-refractivity contribution in [2.75, 3.05) is 12.4 Å². The van der Waals surface area contributed by atoms with Gasteiger partial charge in [0.1, 0.15) is 34.2 Å². The number of halogens is 1. The molecule has 0 fully saturated rings. The lowest BCUT2D eigenvalue weighted by atomic mass is 9.88. The van der Waals surface area contributed by atoms with Crippen LogP contribution in [0.15, 0.2) is 83.9 Å². The van der Waals surface area contributed by atoms with E-state index >= 15 is 0 Å². The summed E-state index contributed by atoms with van der Waals surface area (Å²) < 4.78 is 14.2. The zero-order valence-electron chi connectivity index (χ0n) is 25.1. The largest absolute Gasteiger partial charge is 0.497 e. The molecule has 234 valence electrons. The molecule has 0 unspecified atom stereocenters. The number of fused-ring (bicyclic) bond motifs is 1. The number of nitrogens with zero attached hydrogens (tertiary/aromatic N) is 4. The molecule has 12 nitrogen and oxygen atoms in total. The van der Waals surface area contributed by atoms with E-state index in [-0.39, 0.29) is 30.3 Å². The minimum atomic E-state index is -1.57. The van der Waals surface area contributed by atoms with Gasteiger partial charge in [0, 0.05) is 30.1 Å². The molecule has 5 aromatic rings. The number of aliphatic carboxylic acids is 1. The summed E-state index contributed by atoms with van der Waals surface area (Å²) >= 11 is 0. The lowest BCUT2D eigenvalue weighted by Gasteiger charge is -2.28. The minimum absolute atomic E-state index is 0. The van der Waals surface area contributed by atoms with Crippen LogP contribution in [0, 0.1) is 12.8 Å². The molecule has 0 saturated carbocycles. The molecule has 0 aliphatic carbocycles. The fraction of sp³-hybridized carbons (Fsp3) is 0.219. The number of aromatic nitrogens is 4. The molecule has 3 aromatic heterocycles. The van der Waals surface area contributed by atoms with E-state index in [2.05, 4.69) is 15.3 Å². The number of benzene rings is 2. The van der Waals surface area contributed by atoms with Crippen LogP contribution in [0.1, 0.15) is 29.9 Å². The zero-order valence-corrected chi connectivity index (χ0v) is 25.9. The van der Waals surface area contributed by atoms with E-state index in [1.54, 1.807) is 80.4 Å². The Labute approximate surface area is 264 Å². The Bertz CT molecular complexity index is 1900. The highest BCUT2D eigenvalue weighted by Crippen LogP contribution is 2.31. The first-order valence-corrected chi connectivity index (χ1v) is 13.8. The number of hydrogen-bond acceptors (Lipinski definition) is 8. The van der Waals surface area contributed by atoms with Gasteiger partial charge in [0.05, 0.1) is 30.2 Å². The molecule has 13 heteroatoms. The number of anilines is 1. The van der Waals surface area contributed by atoms with Gasteiger partial charge in [-0.15, -0.1) is 12.4 Å². The van der Waals surface area contributed by atoms with Gasteiger partial charge in [-0.1, -0.05) is 25.1 Å². The van der Waals surface area contributed by atoms with Crippen molar-refractivity contribution in [2.24, 2.45) is 11.7 Å². The van der Waals surface area contributed by atoms with Crippen molar-refractivity contribution in [1.82, 2.24) is 19.3 Å². The summed E-state index contributed by atoms with van der Waals surface area (Å²) in [4.78, 5) is 47.6. The number of amides is 1. The summed E-state index contributed by atoms with van der Waals surface area (Å²) in [5, 5.41) is 13.1. The molecule has 0 radical (unpaired) electrons. The minimum Gasteiger partial charge on any atom is -0.497 e. The van der Waals surface area contributed by atoms with Gasteiger partial charge >= 0.3 is 5.97 Å². The number of ether oxygens (including phenoxy) is 2. The van der Waals surface area contributed by atoms with Crippen molar-refractivity contribution < 1.29 is 24.2 Å². The number of methoxy groups -OCH3 is 1. The number of carboxylic acid groups (broad SMARTS) is 1. The van der Waals surface area contributed by atoms with E-state index in [0.29, 0.717) is 34.1 Å². The van der Waals surface area contributed by atoms with E-state index in [1.165, 1.54) is 17.8 Å². The van der Waals surface area contributed by atoms with Crippen LogP contribution in [0.25, 0.3) is 16.6 Å². The second-order valence-corrected chi connectivity index (χ2v) is 10.6. The molecule has 0 aliphatic rings. The van der Waals surface area contributed by atoms with Crippen molar-refractivity contribution in [1.29, 1.82) is 0 Å². The number of carboxylic acids is 1. The number of pyridine rings is 2. The molecular formula is C32H33ClN6O6. The van der Waals surface area contributed by atoms with Crippen LogP contribution in [0.2, 0.25) is 0 Å². The molecule has 2 aromatic carbocycles. The maximum atomic E-state index is 13.7. The molecular weight excluding hydrogens is 600 g/mol. The van der Waals surface area contributed by atoms with E-state index in [0.717, 1.165) is 5.39 Å². The quantitative estimate of drug-likeness (QED) is 0.196. The smallest absolute Gasteiger partial charge is 0.323 e. The maximum Gasteiger partial charge on any atom is 0.323 e. The number of nitrogens with two attached hydrogens (primary N) is 1. The van der Waals surface area contributed by atoms with Crippen LogP contribution in [-0.4, -0.2) is 49.0 Å². The van der Waals surface area contributed by atoms with Gasteiger partial charge < -0.3 is 25.6 Å². The predicted octanol–water partition coefficient (Wildman–Crippen LogP) is 4.80. The van der Waals surface area contributed by atoms with Crippen molar-refractivity contribution in [3.8, 4) is 22.9 Å². The lowest BCUT2D eigenvalue weighted by Crippen LogP contribution is -2.52. The second kappa shape index (κ2) is 13.2. The third-order valence-electron chi connectivity index (χ3n) is 7.67. The average molecular weight is 633 g/mol. The Kier molecular flexibility index (Phi) is 9.60. The summed E-state index contributed by atoms with van der Waals surface area (Å²) in [6.07, 6.45) is 3.09. The number of hydrogen-bond donors (Lipinski definition) is 3. The molecule has 3 heterocycles. The van der Waals surface area contributed by atoms with Gasteiger partial charge in [-0.2, -0.15) is 0 Å². The predicted molar refractivity (Wildman–Crippen MR) is 172 cm³/mol. The molecule has 5 rings (SSSR count). The van der Waals surface area contributed by atoms with Gasteiger partial charge in [-0.25, -0.2) is 9.67 Å². The summed E-state index contributed by atoms with van der Waals surface area (Å²) in [5.74, 6) is -0.538. The summed E-state index contributed by atoms with van der Waals surface area (Å²) in [6, 6.07) is 19.2. The molecule has 0 saturated heterocycles. The molecule has 1 amide bonds. The summed E-state index contributed by atoms with van der Waals surface area (Å²) in [7, 11) is 1.59. The molecule has 2 atom stereocenters. The van der Waals surface area contributed by atoms with Crippen molar-refractivity contribution in [2.45, 2.75) is 32.9 Å². The Morgan fingerprint density at radius 1 is 1.07 bits per heavy atom. The highest BCUT2D eigenvalue weighted by Gasteiger charge is 2.36. The normalized spacial score (nSPS) is 12.9. The first kappa shape index (κ1) is 32.7. The standard InChI is InChI=1S/C32H32N6O6.ClH/c1-19(32(3,33)31(41)42)18-37-20(2)28(30(40)38(37)21-8-6-5-7-9-21)29(39)36-27-13-11-23(17-35-27)44-26-14-15-34-25-16-22(43-4)10-12-24(25)26;/h5-17,19H,18,33H2,1-4H3,(H,41,42)(H,35,36,39);1H/t19-,32+;/m1./s1. The fourth-order valence-corrected chi connectivity index (χ4v) is 4.75. The topological polar surface area (TPSA) is 164 Å². The van der Waals surface area contributed by atoms with Gasteiger partial charge in [0.15, 0.2) is 0 Å². The van der Waals surface area contributed by atoms with Gasteiger partial charge in [0.25, 0.3) is 11.5 Å². The Balaban J connectivity index is 0.00000461. The van der Waals surface area contributed by atoms with Gasteiger partial charge in [0.2, 0.25) is 0 Å². The molecule has 45 heavy (non-hydrogen) atoms. The van der Waals surface area contributed by atoms with Gasteiger partial charge in [-0.05, 0) is 56.3 Å². The number of para-hydroxylation sites is 1. The number of rotatable bonds is 10. The van der Waals surface area contributed by atoms with Crippen molar-refractivity contribution in [3.05, 3.63) is 101 Å². The third-order valence-corrected chi connectivity index (χ3v) is 7.67.